The lowest BCUT2D eigenvalue weighted by Crippen LogP contribution is -2.40. The van der Waals surface area contributed by atoms with Crippen molar-refractivity contribution >= 4 is 18.0 Å². The lowest BCUT2D eigenvalue weighted by atomic mass is 9.94. The van der Waals surface area contributed by atoms with Gasteiger partial charge in [-0.25, -0.2) is 4.79 Å². The van der Waals surface area contributed by atoms with Crippen molar-refractivity contribution in [2.24, 2.45) is 11.8 Å². The van der Waals surface area contributed by atoms with E-state index in [1.54, 1.807) is 0 Å². The number of esters is 1. The van der Waals surface area contributed by atoms with E-state index in [2.05, 4.69) is 5.32 Å². The number of hydrogen-bond donors (Lipinski definition) is 2. The van der Waals surface area contributed by atoms with Crippen molar-refractivity contribution in [1.82, 2.24) is 5.32 Å². The zero-order valence-electron chi connectivity index (χ0n) is 14.7. The number of alkyl carbamates (subject to hydrolysis) is 1. The van der Waals surface area contributed by atoms with Gasteiger partial charge in [-0.1, -0.05) is 20.8 Å². The van der Waals surface area contributed by atoms with Crippen molar-refractivity contribution in [3.63, 3.8) is 0 Å². The number of carboxylic acids is 1. The molecule has 0 aromatic heterocycles. The van der Waals surface area contributed by atoms with Crippen molar-refractivity contribution in [2.45, 2.75) is 66.1 Å². The normalized spacial score (nSPS) is 12.6. The van der Waals surface area contributed by atoms with Gasteiger partial charge in [0.1, 0.15) is 0 Å². The van der Waals surface area contributed by atoms with E-state index in [1.807, 2.05) is 20.8 Å². The average Bonchev–Trinajstić information content (AvgIpc) is 2.33. The maximum Gasteiger partial charge on any atom is 0.410 e. The van der Waals surface area contributed by atoms with E-state index in [1.165, 1.54) is 13.8 Å². The van der Waals surface area contributed by atoms with Crippen molar-refractivity contribution in [1.29, 1.82) is 0 Å². The average molecular weight is 331 g/mol. The number of nitrogens with one attached hydrogen (secondary N) is 1. The van der Waals surface area contributed by atoms with Gasteiger partial charge in [-0.3, -0.25) is 9.59 Å². The molecule has 0 bridgehead atoms. The fraction of sp³-hybridized carbons (Fsp3) is 0.812. The second-order valence-corrected chi connectivity index (χ2v) is 6.49. The lowest BCUT2D eigenvalue weighted by molar-refractivity contribution is -0.194. The van der Waals surface area contributed by atoms with Crippen LogP contribution in [0, 0.1) is 11.8 Å². The number of rotatable bonds is 10. The summed E-state index contributed by atoms with van der Waals surface area (Å²) in [5.74, 6) is -2.56. The van der Waals surface area contributed by atoms with Gasteiger partial charge in [-0.05, 0) is 24.7 Å². The number of carbonyl (C=O) groups is 3. The minimum absolute atomic E-state index is 0.0205. The van der Waals surface area contributed by atoms with Crippen molar-refractivity contribution in [2.75, 3.05) is 6.54 Å². The third kappa shape index (κ3) is 11.4. The van der Waals surface area contributed by atoms with Gasteiger partial charge in [0.2, 0.25) is 0 Å². The van der Waals surface area contributed by atoms with Crippen LogP contribution in [-0.4, -0.2) is 35.5 Å². The Kier molecular flexibility index (Phi) is 9.29. The van der Waals surface area contributed by atoms with E-state index in [-0.39, 0.29) is 25.3 Å². The molecule has 1 amide bonds. The number of hydrogen-bond acceptors (Lipinski definition) is 5. The summed E-state index contributed by atoms with van der Waals surface area (Å²) in [6, 6.07) is 0. The minimum Gasteiger partial charge on any atom is -0.481 e. The molecular formula is C16H29NO6. The van der Waals surface area contributed by atoms with Crippen LogP contribution in [0.4, 0.5) is 4.79 Å². The van der Waals surface area contributed by atoms with Gasteiger partial charge in [-0.15, -0.1) is 0 Å². The van der Waals surface area contributed by atoms with E-state index in [9.17, 15) is 14.4 Å². The van der Waals surface area contributed by atoms with Crippen molar-refractivity contribution < 1.29 is 29.0 Å². The monoisotopic (exact) mass is 331 g/mol. The highest BCUT2D eigenvalue weighted by atomic mass is 16.7. The maximum absolute atomic E-state index is 11.8. The molecular weight excluding hydrogens is 302 g/mol. The number of carbonyl (C=O) groups excluding carboxylic acids is 2. The Morgan fingerprint density at radius 2 is 1.78 bits per heavy atom. The molecule has 0 aliphatic heterocycles. The lowest BCUT2D eigenvalue weighted by Gasteiger charge is -2.25. The van der Waals surface area contributed by atoms with E-state index < -0.39 is 23.8 Å². The van der Waals surface area contributed by atoms with E-state index in [0.29, 0.717) is 18.8 Å². The molecule has 0 aromatic carbocycles. The summed E-state index contributed by atoms with van der Waals surface area (Å²) in [5, 5.41) is 11.4. The van der Waals surface area contributed by atoms with Crippen LogP contribution in [-0.2, 0) is 19.1 Å². The molecule has 0 aliphatic carbocycles. The largest absolute Gasteiger partial charge is 0.481 e. The van der Waals surface area contributed by atoms with Crippen molar-refractivity contribution in [3.05, 3.63) is 0 Å². The molecule has 0 rings (SSSR count). The van der Waals surface area contributed by atoms with Crippen LogP contribution in [0.25, 0.3) is 0 Å². The third-order valence-electron chi connectivity index (χ3n) is 2.96. The summed E-state index contributed by atoms with van der Waals surface area (Å²) in [6.07, 6.45) is 0.823. The maximum atomic E-state index is 11.8. The fourth-order valence-corrected chi connectivity index (χ4v) is 2.19. The first-order valence-corrected chi connectivity index (χ1v) is 7.96. The van der Waals surface area contributed by atoms with Crippen LogP contribution in [0.15, 0.2) is 0 Å². The second kappa shape index (κ2) is 10.1. The Labute approximate surface area is 137 Å². The van der Waals surface area contributed by atoms with E-state index >= 15 is 0 Å². The number of ether oxygens (including phenoxy) is 2. The molecule has 0 fully saturated rings. The molecule has 0 saturated heterocycles. The van der Waals surface area contributed by atoms with Crippen LogP contribution in [0.1, 0.15) is 60.3 Å². The van der Waals surface area contributed by atoms with Crippen molar-refractivity contribution in [3.8, 4) is 0 Å². The minimum atomic E-state index is -1.36. The molecule has 0 aromatic rings. The SMILES string of the molecule is CCCC(=O)OC(C)(C)OC(=O)NC[C@H](CC(=O)O)CC(C)C. The predicted molar refractivity (Wildman–Crippen MR) is 84.8 cm³/mol. The van der Waals surface area contributed by atoms with Crippen LogP contribution < -0.4 is 5.32 Å². The van der Waals surface area contributed by atoms with Gasteiger partial charge >= 0.3 is 18.0 Å². The highest BCUT2D eigenvalue weighted by molar-refractivity contribution is 5.71. The molecule has 7 nitrogen and oxygen atoms in total. The molecule has 134 valence electrons. The Morgan fingerprint density at radius 3 is 2.26 bits per heavy atom. The quantitative estimate of drug-likeness (QED) is 0.471. The first-order chi connectivity index (χ1) is 10.6. The summed E-state index contributed by atoms with van der Waals surface area (Å²) in [5.41, 5.74) is 0. The Morgan fingerprint density at radius 1 is 1.17 bits per heavy atom. The molecule has 0 radical (unpaired) electrons. The molecule has 0 aliphatic rings. The van der Waals surface area contributed by atoms with Crippen LogP contribution >= 0.6 is 0 Å². The topological polar surface area (TPSA) is 102 Å². The highest BCUT2D eigenvalue weighted by Crippen LogP contribution is 2.16. The van der Waals surface area contributed by atoms with Gasteiger partial charge in [0.25, 0.3) is 5.79 Å². The molecule has 23 heavy (non-hydrogen) atoms. The Balaban J connectivity index is 4.39. The molecule has 0 saturated carbocycles. The molecule has 1 atom stereocenters. The first-order valence-electron chi connectivity index (χ1n) is 7.96. The summed E-state index contributed by atoms with van der Waals surface area (Å²) < 4.78 is 10.1. The predicted octanol–water partition coefficient (Wildman–Crippen LogP) is 2.93. The van der Waals surface area contributed by atoms with E-state index in [0.717, 1.165) is 0 Å². The number of aliphatic carboxylic acids is 1. The molecule has 0 unspecified atom stereocenters. The van der Waals surface area contributed by atoms with Crippen LogP contribution in [0.5, 0.6) is 0 Å². The van der Waals surface area contributed by atoms with Gasteiger partial charge in [-0.2, -0.15) is 0 Å². The summed E-state index contributed by atoms with van der Waals surface area (Å²) in [6.45, 7) is 8.97. The van der Waals surface area contributed by atoms with Gasteiger partial charge < -0.3 is 19.9 Å². The van der Waals surface area contributed by atoms with Gasteiger partial charge in [0.05, 0.1) is 0 Å². The number of carboxylic acid groups (broad SMARTS) is 1. The molecule has 0 spiro atoms. The third-order valence-corrected chi connectivity index (χ3v) is 2.96. The van der Waals surface area contributed by atoms with Crippen LogP contribution in [0.3, 0.4) is 0 Å². The Bertz CT molecular complexity index is 405. The fourth-order valence-electron chi connectivity index (χ4n) is 2.19. The van der Waals surface area contributed by atoms with Gasteiger partial charge in [0, 0.05) is 33.2 Å². The zero-order chi connectivity index (χ0) is 18.0. The molecule has 0 heterocycles. The van der Waals surface area contributed by atoms with Crippen LogP contribution in [0.2, 0.25) is 0 Å². The second-order valence-electron chi connectivity index (χ2n) is 6.49. The zero-order valence-corrected chi connectivity index (χ0v) is 14.7. The molecule has 2 N–H and O–H groups in total. The highest BCUT2D eigenvalue weighted by Gasteiger charge is 2.27. The van der Waals surface area contributed by atoms with E-state index in [4.69, 9.17) is 14.6 Å². The number of amides is 1. The summed E-state index contributed by atoms with van der Waals surface area (Å²) in [4.78, 5) is 34.1. The molecule has 7 heteroatoms. The smallest absolute Gasteiger partial charge is 0.410 e. The summed E-state index contributed by atoms with van der Waals surface area (Å²) in [7, 11) is 0. The standard InChI is InChI=1S/C16H29NO6/c1-6-7-14(20)22-16(4,5)23-15(21)17-10-12(8-11(2)3)9-13(18)19/h11-12H,6-10H2,1-5H3,(H,17,21)(H,18,19)/t12-/m0/s1. The van der Waals surface area contributed by atoms with Gasteiger partial charge in [0.15, 0.2) is 0 Å². The Hall–Kier alpha value is -1.79. The summed E-state index contributed by atoms with van der Waals surface area (Å²) >= 11 is 0. The first kappa shape index (κ1) is 21.2.